The Balaban J connectivity index is 2.06. The van der Waals surface area contributed by atoms with E-state index in [0.717, 1.165) is 0 Å². The van der Waals surface area contributed by atoms with Gasteiger partial charge in [0.15, 0.2) is 0 Å². The number of hydrogen-bond acceptors (Lipinski definition) is 5. The van der Waals surface area contributed by atoms with Crippen LogP contribution in [-0.2, 0) is 0 Å². The molecule has 0 aromatic heterocycles. The van der Waals surface area contributed by atoms with Gasteiger partial charge >= 0.3 is 194 Å². The fourth-order valence-electron chi connectivity index (χ4n) is 3.64. The van der Waals surface area contributed by atoms with Crippen molar-refractivity contribution in [1.82, 2.24) is 0 Å². The van der Waals surface area contributed by atoms with Crippen molar-refractivity contribution in [3.05, 3.63) is 121 Å². The fraction of sp³-hybridized carbons (Fsp3) is 0.111. The molecule has 0 aliphatic carbocycles. The topological polar surface area (TPSA) is 68.2 Å². The Morgan fingerprint density at radius 2 is 0.818 bits per heavy atom. The Labute approximate surface area is 194 Å². The molecule has 0 saturated heterocycles. The number of aliphatic hydroxyl groups is 2. The van der Waals surface area contributed by atoms with E-state index in [1.54, 1.807) is 48.5 Å². The van der Waals surface area contributed by atoms with Crippen molar-refractivity contribution in [2.75, 3.05) is 0 Å². The summed E-state index contributed by atoms with van der Waals surface area (Å²) in [7, 11) is -4.83. The van der Waals surface area contributed by atoms with Crippen LogP contribution in [0, 0.1) is 0 Å². The van der Waals surface area contributed by atoms with Crippen LogP contribution in [0.3, 0.4) is 0 Å². The van der Waals surface area contributed by atoms with E-state index in [1.807, 2.05) is 72.8 Å². The number of benzene rings is 4. The van der Waals surface area contributed by atoms with E-state index in [0.29, 0.717) is 22.6 Å². The van der Waals surface area contributed by atoms with Crippen LogP contribution >= 0.6 is 7.28 Å². The molecule has 2 unspecified atom stereocenters. The summed E-state index contributed by atoms with van der Waals surface area (Å²) in [5, 5.41) is 23.0. The molecule has 0 heterocycles. The van der Waals surface area contributed by atoms with Gasteiger partial charge in [-0.2, -0.15) is 0 Å². The second kappa shape index (κ2) is 9.63. The van der Waals surface area contributed by atoms with Crippen molar-refractivity contribution >= 4 is 12.6 Å². The first-order valence-corrected chi connectivity index (χ1v) is 12.8. The van der Waals surface area contributed by atoms with E-state index in [2.05, 4.69) is 0 Å². The maximum atomic E-state index is 11.8. The summed E-state index contributed by atoms with van der Waals surface area (Å²) >= 11 is 0. The van der Waals surface area contributed by atoms with Gasteiger partial charge in [0.1, 0.15) is 0 Å². The van der Waals surface area contributed by atoms with E-state index in [4.69, 9.17) is 13.6 Å². The average molecular weight is 462 g/mol. The van der Waals surface area contributed by atoms with Gasteiger partial charge < -0.3 is 0 Å². The number of aliphatic hydroxyl groups excluding tert-OH is 2. The number of para-hydroxylation sites is 3. The van der Waals surface area contributed by atoms with Crippen LogP contribution in [0.15, 0.2) is 121 Å². The third kappa shape index (κ3) is 4.57. The predicted molar refractivity (Wildman–Crippen MR) is 132 cm³/mol. The van der Waals surface area contributed by atoms with Crippen molar-refractivity contribution in [2.45, 2.75) is 18.9 Å². The quantitative estimate of drug-likeness (QED) is 0.320. The molecule has 0 saturated carbocycles. The van der Waals surface area contributed by atoms with Crippen LogP contribution < -0.4 is 18.9 Å². The molecule has 0 spiro atoms. The molecule has 0 fully saturated rings. The van der Waals surface area contributed by atoms with Gasteiger partial charge in [-0.05, 0) is 0 Å². The predicted octanol–water partition coefficient (Wildman–Crippen LogP) is 5.55. The van der Waals surface area contributed by atoms with Crippen LogP contribution in [0.1, 0.15) is 6.92 Å². The second-order valence-corrected chi connectivity index (χ2v) is 11.1. The Kier molecular flexibility index (Phi) is 6.66. The SMILES string of the molecule is CC(O)C(O)P(Oc1ccccc1)(Oc1ccccc1)(Oc1ccccc1)c1ccccc1. The minimum atomic E-state index is -4.83. The van der Waals surface area contributed by atoms with Gasteiger partial charge in [0, 0.05) is 0 Å². The first-order chi connectivity index (χ1) is 16.0. The molecule has 33 heavy (non-hydrogen) atoms. The third-order valence-electron chi connectivity index (χ3n) is 5.17. The molecule has 6 heteroatoms. The Morgan fingerprint density at radius 3 is 1.12 bits per heavy atom. The molecular weight excluding hydrogens is 435 g/mol. The standard InChI is InChI=1S/C27H27O5P/c1-22(28)27(29)33(26-20-12-5-13-21-26,30-23-14-6-2-7-15-23,31-24-16-8-3-9-17-24)32-25-18-10-4-11-19-25/h2-22,27-29H,1H3. The normalized spacial score (nSPS) is 14.3. The molecule has 2 N–H and O–H groups in total. The fourth-order valence-corrected chi connectivity index (χ4v) is 7.71. The summed E-state index contributed by atoms with van der Waals surface area (Å²) in [5.41, 5.74) is 0. The maximum absolute atomic E-state index is 11.8. The van der Waals surface area contributed by atoms with Gasteiger partial charge in [0.25, 0.3) is 0 Å². The first-order valence-electron chi connectivity index (χ1n) is 10.7. The average Bonchev–Trinajstić information content (AvgIpc) is 2.86. The summed E-state index contributed by atoms with van der Waals surface area (Å²) in [4.78, 5) is 0. The van der Waals surface area contributed by atoms with E-state index in [9.17, 15) is 10.2 Å². The zero-order valence-electron chi connectivity index (χ0n) is 18.3. The van der Waals surface area contributed by atoms with Crippen LogP contribution in [0.25, 0.3) is 0 Å². The van der Waals surface area contributed by atoms with Crippen molar-refractivity contribution < 1.29 is 23.8 Å². The molecule has 0 aliphatic heterocycles. The molecule has 4 rings (SSSR count). The van der Waals surface area contributed by atoms with Gasteiger partial charge in [0.2, 0.25) is 0 Å². The molecule has 0 radical (unpaired) electrons. The third-order valence-corrected chi connectivity index (χ3v) is 9.42. The zero-order chi connectivity index (χ0) is 23.2. The van der Waals surface area contributed by atoms with Gasteiger partial charge in [-0.25, -0.2) is 0 Å². The molecule has 0 aliphatic rings. The molecule has 0 amide bonds. The number of rotatable bonds is 9. The molecule has 2 atom stereocenters. The van der Waals surface area contributed by atoms with Crippen molar-refractivity contribution in [3.8, 4) is 17.2 Å². The summed E-state index contributed by atoms with van der Waals surface area (Å²) < 4.78 is 20.0. The van der Waals surface area contributed by atoms with E-state index >= 15 is 0 Å². The van der Waals surface area contributed by atoms with E-state index in [-0.39, 0.29) is 0 Å². The van der Waals surface area contributed by atoms with Crippen LogP contribution in [-0.4, -0.2) is 22.2 Å². The Morgan fingerprint density at radius 1 is 0.515 bits per heavy atom. The first kappa shape index (κ1) is 22.8. The van der Waals surface area contributed by atoms with Gasteiger partial charge in [-0.1, -0.05) is 0 Å². The summed E-state index contributed by atoms with van der Waals surface area (Å²) in [6.45, 7) is 1.49. The van der Waals surface area contributed by atoms with Crippen LogP contribution in [0.4, 0.5) is 0 Å². The summed E-state index contributed by atoms with van der Waals surface area (Å²) in [6.07, 6.45) is -1.24. The van der Waals surface area contributed by atoms with Crippen LogP contribution in [0.5, 0.6) is 17.2 Å². The van der Waals surface area contributed by atoms with Crippen LogP contribution in [0.2, 0.25) is 0 Å². The molecular formula is C27H27O5P. The monoisotopic (exact) mass is 462 g/mol. The van der Waals surface area contributed by atoms with Crippen molar-refractivity contribution in [3.63, 3.8) is 0 Å². The molecule has 5 nitrogen and oxygen atoms in total. The Bertz CT molecular complexity index is 1030. The molecule has 4 aromatic carbocycles. The van der Waals surface area contributed by atoms with Crippen molar-refractivity contribution in [1.29, 1.82) is 0 Å². The second-order valence-electron chi connectivity index (χ2n) is 7.65. The van der Waals surface area contributed by atoms with E-state index in [1.165, 1.54) is 6.92 Å². The molecule has 170 valence electrons. The van der Waals surface area contributed by atoms with Crippen molar-refractivity contribution in [2.24, 2.45) is 0 Å². The summed E-state index contributed by atoms with van der Waals surface area (Å²) in [6, 6.07) is 36.2. The van der Waals surface area contributed by atoms with Gasteiger partial charge in [0.05, 0.1) is 0 Å². The van der Waals surface area contributed by atoms with E-state index < -0.39 is 19.2 Å². The summed E-state index contributed by atoms with van der Waals surface area (Å²) in [5.74, 6) is -0.235. The van der Waals surface area contributed by atoms with Gasteiger partial charge in [-0.15, -0.1) is 0 Å². The zero-order valence-corrected chi connectivity index (χ0v) is 19.2. The minimum absolute atomic E-state index is 0.436. The molecule has 0 bridgehead atoms. The van der Waals surface area contributed by atoms with Gasteiger partial charge in [-0.3, -0.25) is 0 Å². The number of hydrogen-bond donors (Lipinski definition) is 2. The molecule has 4 aromatic rings. The Hall–Kier alpha value is -3.37.